The molecule has 0 radical (unpaired) electrons. The van der Waals surface area contributed by atoms with Crippen molar-refractivity contribution in [2.75, 3.05) is 20.7 Å². The number of hydrogen-bond donors (Lipinski definition) is 0. The lowest BCUT2D eigenvalue weighted by Crippen LogP contribution is -2.29. The van der Waals surface area contributed by atoms with Crippen molar-refractivity contribution < 1.29 is 18.8 Å². The van der Waals surface area contributed by atoms with Gasteiger partial charge in [-0.3, -0.25) is 9.59 Å². The number of aromatic nitrogens is 1. The van der Waals surface area contributed by atoms with E-state index in [0.717, 1.165) is 5.56 Å². The maximum atomic E-state index is 12.6. The number of rotatable bonds is 5. The highest BCUT2D eigenvalue weighted by atomic mass is 16.5. The van der Waals surface area contributed by atoms with Crippen molar-refractivity contribution in [1.82, 2.24) is 10.1 Å². The molecule has 2 aromatic rings. The predicted octanol–water partition coefficient (Wildman–Crippen LogP) is 2.29. The van der Waals surface area contributed by atoms with Gasteiger partial charge in [-0.1, -0.05) is 35.5 Å². The van der Waals surface area contributed by atoms with E-state index < -0.39 is 0 Å². The maximum absolute atomic E-state index is 12.6. The highest BCUT2D eigenvalue weighted by molar-refractivity contribution is 6.00. The summed E-state index contributed by atoms with van der Waals surface area (Å²) in [7, 11) is 2.95. The average Bonchev–Trinajstić information content (AvgIpc) is 2.93. The maximum Gasteiger partial charge on any atom is 0.307 e. The highest BCUT2D eigenvalue weighted by Crippen LogP contribution is 2.26. The largest absolute Gasteiger partial charge is 0.469 e. The Balaban J connectivity index is 2.23. The lowest BCUT2D eigenvalue weighted by atomic mass is 10.1. The molecule has 1 amide bonds. The summed E-state index contributed by atoms with van der Waals surface area (Å²) in [6, 6.07) is 9.36. The van der Waals surface area contributed by atoms with Gasteiger partial charge >= 0.3 is 5.97 Å². The Hall–Kier alpha value is -2.63. The number of amides is 1. The van der Waals surface area contributed by atoms with Gasteiger partial charge in [-0.15, -0.1) is 0 Å². The number of aryl methyl sites for hydroxylation is 1. The second-order valence-corrected chi connectivity index (χ2v) is 4.88. The van der Waals surface area contributed by atoms with Crippen molar-refractivity contribution in [3.63, 3.8) is 0 Å². The summed E-state index contributed by atoms with van der Waals surface area (Å²) in [6.07, 6.45) is 0.143. The molecule has 0 saturated heterocycles. The van der Waals surface area contributed by atoms with E-state index in [1.165, 1.54) is 12.0 Å². The molecule has 0 N–H and O–H groups in total. The van der Waals surface area contributed by atoms with E-state index in [9.17, 15) is 9.59 Å². The van der Waals surface area contributed by atoms with Crippen molar-refractivity contribution in [2.45, 2.75) is 13.3 Å². The van der Waals surface area contributed by atoms with Crippen LogP contribution in [-0.4, -0.2) is 42.6 Å². The van der Waals surface area contributed by atoms with Crippen LogP contribution in [0.2, 0.25) is 0 Å². The standard InChI is InChI=1S/C16H18N2O4/c1-11-14(16(20)18(2)10-9-13(19)21-3)15(17-22-11)12-7-5-4-6-8-12/h4-8H,9-10H2,1-3H3. The van der Waals surface area contributed by atoms with E-state index in [-0.39, 0.29) is 24.8 Å². The normalized spacial score (nSPS) is 10.3. The Labute approximate surface area is 128 Å². The summed E-state index contributed by atoms with van der Waals surface area (Å²) >= 11 is 0. The molecule has 0 aliphatic carbocycles. The second-order valence-electron chi connectivity index (χ2n) is 4.88. The van der Waals surface area contributed by atoms with Gasteiger partial charge < -0.3 is 14.2 Å². The zero-order valence-corrected chi connectivity index (χ0v) is 12.8. The Morgan fingerprint density at radius 2 is 1.95 bits per heavy atom. The van der Waals surface area contributed by atoms with Crippen LogP contribution in [-0.2, 0) is 9.53 Å². The third kappa shape index (κ3) is 3.33. The molecule has 0 spiro atoms. The first-order valence-electron chi connectivity index (χ1n) is 6.88. The van der Waals surface area contributed by atoms with Crippen molar-refractivity contribution in [2.24, 2.45) is 0 Å². The number of nitrogens with zero attached hydrogens (tertiary/aromatic N) is 2. The Morgan fingerprint density at radius 1 is 1.27 bits per heavy atom. The molecule has 0 atom stereocenters. The smallest absolute Gasteiger partial charge is 0.307 e. The molecule has 0 saturated carbocycles. The van der Waals surface area contributed by atoms with Crippen molar-refractivity contribution in [1.29, 1.82) is 0 Å². The van der Waals surface area contributed by atoms with Gasteiger partial charge in [-0.2, -0.15) is 0 Å². The number of hydrogen-bond acceptors (Lipinski definition) is 5. The molecule has 0 bridgehead atoms. The van der Waals surface area contributed by atoms with Crippen LogP contribution in [0.1, 0.15) is 22.5 Å². The SMILES string of the molecule is COC(=O)CCN(C)C(=O)c1c(-c2ccccc2)noc1C. The number of esters is 1. The molecule has 0 unspecified atom stereocenters. The number of methoxy groups -OCH3 is 1. The summed E-state index contributed by atoms with van der Waals surface area (Å²) in [5, 5.41) is 3.99. The van der Waals surface area contributed by atoms with Gasteiger partial charge in [0.05, 0.1) is 13.5 Å². The monoisotopic (exact) mass is 302 g/mol. The topological polar surface area (TPSA) is 72.6 Å². The number of carbonyl (C=O) groups is 2. The van der Waals surface area contributed by atoms with E-state index in [2.05, 4.69) is 9.89 Å². The van der Waals surface area contributed by atoms with E-state index in [0.29, 0.717) is 17.0 Å². The Morgan fingerprint density at radius 3 is 2.59 bits per heavy atom. The predicted molar refractivity (Wildman–Crippen MR) is 80.3 cm³/mol. The first-order chi connectivity index (χ1) is 10.5. The summed E-state index contributed by atoms with van der Waals surface area (Å²) in [5.74, 6) is -0.139. The molecule has 1 aromatic carbocycles. The molecule has 0 fully saturated rings. The van der Waals surface area contributed by atoms with Gasteiger partial charge in [0, 0.05) is 19.2 Å². The summed E-state index contributed by atoms with van der Waals surface area (Å²) < 4.78 is 9.76. The van der Waals surface area contributed by atoms with Crippen LogP contribution in [0.5, 0.6) is 0 Å². The minimum Gasteiger partial charge on any atom is -0.469 e. The van der Waals surface area contributed by atoms with Crippen LogP contribution in [0.3, 0.4) is 0 Å². The second kappa shape index (κ2) is 6.89. The summed E-state index contributed by atoms with van der Waals surface area (Å²) in [5.41, 5.74) is 1.73. The minimum atomic E-state index is -0.357. The van der Waals surface area contributed by atoms with Gasteiger partial charge in [-0.05, 0) is 6.92 Å². The molecule has 6 nitrogen and oxygen atoms in total. The molecule has 6 heteroatoms. The lowest BCUT2D eigenvalue weighted by Gasteiger charge is -2.16. The third-order valence-electron chi connectivity index (χ3n) is 3.35. The fraction of sp³-hybridized carbons (Fsp3) is 0.312. The van der Waals surface area contributed by atoms with Gasteiger partial charge in [0.2, 0.25) is 0 Å². The molecular formula is C16H18N2O4. The van der Waals surface area contributed by atoms with E-state index in [1.54, 1.807) is 14.0 Å². The van der Waals surface area contributed by atoms with Crippen LogP contribution in [0, 0.1) is 6.92 Å². The van der Waals surface area contributed by atoms with Crippen molar-refractivity contribution in [3.8, 4) is 11.3 Å². The molecule has 1 aromatic heterocycles. The van der Waals surface area contributed by atoms with Crippen LogP contribution in [0.25, 0.3) is 11.3 Å². The number of benzene rings is 1. The van der Waals surface area contributed by atoms with Crippen LogP contribution >= 0.6 is 0 Å². The zero-order chi connectivity index (χ0) is 16.1. The quantitative estimate of drug-likeness (QED) is 0.792. The van der Waals surface area contributed by atoms with Crippen LogP contribution in [0.15, 0.2) is 34.9 Å². The van der Waals surface area contributed by atoms with E-state index >= 15 is 0 Å². The molecule has 116 valence electrons. The molecular weight excluding hydrogens is 284 g/mol. The fourth-order valence-electron chi connectivity index (χ4n) is 2.07. The van der Waals surface area contributed by atoms with E-state index in [1.807, 2.05) is 30.3 Å². The first kappa shape index (κ1) is 15.8. The van der Waals surface area contributed by atoms with Gasteiger partial charge in [0.25, 0.3) is 5.91 Å². The van der Waals surface area contributed by atoms with Crippen molar-refractivity contribution in [3.05, 3.63) is 41.7 Å². The summed E-state index contributed by atoms with van der Waals surface area (Å²) in [4.78, 5) is 25.2. The Bertz CT molecular complexity index is 664. The fourth-order valence-corrected chi connectivity index (χ4v) is 2.07. The lowest BCUT2D eigenvalue weighted by molar-refractivity contribution is -0.140. The zero-order valence-electron chi connectivity index (χ0n) is 12.8. The molecule has 1 heterocycles. The van der Waals surface area contributed by atoms with Gasteiger partial charge in [0.1, 0.15) is 17.0 Å². The van der Waals surface area contributed by atoms with Gasteiger partial charge in [0.15, 0.2) is 0 Å². The van der Waals surface area contributed by atoms with E-state index in [4.69, 9.17) is 4.52 Å². The Kier molecular flexibility index (Phi) is 4.93. The highest BCUT2D eigenvalue weighted by Gasteiger charge is 2.24. The number of carbonyl (C=O) groups excluding carboxylic acids is 2. The first-order valence-corrected chi connectivity index (χ1v) is 6.88. The van der Waals surface area contributed by atoms with Crippen molar-refractivity contribution >= 4 is 11.9 Å². The molecule has 22 heavy (non-hydrogen) atoms. The number of ether oxygens (including phenoxy) is 1. The van der Waals surface area contributed by atoms with Crippen LogP contribution < -0.4 is 0 Å². The molecule has 0 aliphatic heterocycles. The average molecular weight is 302 g/mol. The minimum absolute atomic E-state index is 0.143. The molecule has 0 aliphatic rings. The van der Waals surface area contributed by atoms with Crippen LogP contribution in [0.4, 0.5) is 0 Å². The van der Waals surface area contributed by atoms with Gasteiger partial charge in [-0.25, -0.2) is 0 Å². The molecule has 2 rings (SSSR count). The summed E-state index contributed by atoms with van der Waals surface area (Å²) in [6.45, 7) is 1.96. The third-order valence-corrected chi connectivity index (χ3v) is 3.35.